The summed E-state index contributed by atoms with van der Waals surface area (Å²) in [5.41, 5.74) is 4.68. The van der Waals surface area contributed by atoms with Gasteiger partial charge in [-0.2, -0.15) is 0 Å². The molecular weight excluding hydrogens is 433 g/mol. The number of aryl methyl sites for hydroxylation is 3. The van der Waals surface area contributed by atoms with Crippen LogP contribution < -0.4 is 10.1 Å². The number of rotatable bonds is 4. The van der Waals surface area contributed by atoms with Crippen molar-refractivity contribution in [2.45, 2.75) is 20.8 Å². The van der Waals surface area contributed by atoms with E-state index in [4.69, 9.17) is 20.9 Å². The van der Waals surface area contributed by atoms with Crippen LogP contribution >= 0.6 is 11.6 Å². The van der Waals surface area contributed by atoms with Crippen LogP contribution in [0.4, 0.5) is 15.9 Å². The number of aromatic nitrogens is 4. The fourth-order valence-electron chi connectivity index (χ4n) is 3.97. The maximum Gasteiger partial charge on any atom is 0.144 e. The van der Waals surface area contributed by atoms with E-state index in [0.717, 1.165) is 33.1 Å². The Labute approximate surface area is 187 Å². The van der Waals surface area contributed by atoms with Crippen molar-refractivity contribution in [3.8, 4) is 16.9 Å². The molecule has 0 saturated carbocycles. The molecule has 0 atom stereocenters. The van der Waals surface area contributed by atoms with Crippen LogP contribution in [-0.4, -0.2) is 27.2 Å². The summed E-state index contributed by atoms with van der Waals surface area (Å²) in [6.45, 7) is 5.57. The van der Waals surface area contributed by atoms with Crippen LogP contribution in [0.3, 0.4) is 0 Å². The fraction of sp³-hybridized carbons (Fsp3) is 0.174. The summed E-state index contributed by atoms with van der Waals surface area (Å²) in [4.78, 5) is 12.5. The van der Waals surface area contributed by atoms with Gasteiger partial charge < -0.3 is 19.6 Å². The fourth-order valence-corrected chi connectivity index (χ4v) is 4.15. The summed E-state index contributed by atoms with van der Waals surface area (Å²) in [6, 6.07) is 8.37. The molecule has 3 heterocycles. The number of methoxy groups -OCH3 is 1. The molecule has 162 valence electrons. The topological polar surface area (TPSA) is 88.9 Å². The predicted molar refractivity (Wildman–Crippen MR) is 122 cm³/mol. The van der Waals surface area contributed by atoms with Gasteiger partial charge in [0.15, 0.2) is 0 Å². The van der Waals surface area contributed by atoms with Gasteiger partial charge in [0.25, 0.3) is 0 Å². The summed E-state index contributed by atoms with van der Waals surface area (Å²) in [5.74, 6) is 2.06. The second-order valence-corrected chi connectivity index (χ2v) is 7.93. The number of fused-ring (bicyclic) bond motifs is 3. The van der Waals surface area contributed by atoms with Gasteiger partial charge in [0, 0.05) is 22.2 Å². The number of anilines is 2. The predicted octanol–water partition coefficient (Wildman–Crippen LogP) is 6.24. The van der Waals surface area contributed by atoms with Crippen LogP contribution in [0.15, 0.2) is 34.9 Å². The first-order valence-corrected chi connectivity index (χ1v) is 10.3. The molecule has 7 nitrogen and oxygen atoms in total. The zero-order valence-electron chi connectivity index (χ0n) is 17.8. The van der Waals surface area contributed by atoms with Gasteiger partial charge in [-0.1, -0.05) is 16.8 Å². The molecule has 0 spiro atoms. The number of H-pyrrole nitrogens is 1. The van der Waals surface area contributed by atoms with Crippen molar-refractivity contribution in [3.05, 3.63) is 58.5 Å². The highest BCUT2D eigenvalue weighted by atomic mass is 35.5. The molecule has 0 aliphatic carbocycles. The van der Waals surface area contributed by atoms with E-state index in [0.29, 0.717) is 34.5 Å². The molecule has 0 bridgehead atoms. The minimum Gasteiger partial charge on any atom is -0.496 e. The lowest BCUT2D eigenvalue weighted by Crippen LogP contribution is -1.98. The molecule has 5 rings (SSSR count). The Kier molecular flexibility index (Phi) is 4.74. The third-order valence-electron chi connectivity index (χ3n) is 5.37. The van der Waals surface area contributed by atoms with Crippen LogP contribution in [0.25, 0.3) is 33.1 Å². The van der Waals surface area contributed by atoms with Crippen LogP contribution in [0.1, 0.15) is 17.3 Å². The average molecular weight is 452 g/mol. The van der Waals surface area contributed by atoms with Gasteiger partial charge in [-0.05, 0) is 51.1 Å². The van der Waals surface area contributed by atoms with Crippen LogP contribution in [0, 0.1) is 26.6 Å². The maximum atomic E-state index is 13.6. The van der Waals surface area contributed by atoms with E-state index in [2.05, 4.69) is 25.4 Å². The zero-order valence-corrected chi connectivity index (χ0v) is 18.6. The number of ether oxygens (including phenoxy) is 1. The molecule has 0 saturated heterocycles. The molecule has 0 aliphatic heterocycles. The molecule has 0 amide bonds. The van der Waals surface area contributed by atoms with Crippen LogP contribution in [0.5, 0.6) is 5.75 Å². The quantitative estimate of drug-likeness (QED) is 0.336. The van der Waals surface area contributed by atoms with E-state index in [1.54, 1.807) is 13.2 Å². The van der Waals surface area contributed by atoms with Crippen molar-refractivity contribution in [2.75, 3.05) is 12.4 Å². The second-order valence-electron chi connectivity index (χ2n) is 7.52. The van der Waals surface area contributed by atoms with Gasteiger partial charge >= 0.3 is 0 Å². The largest absolute Gasteiger partial charge is 0.496 e. The monoisotopic (exact) mass is 451 g/mol. The minimum atomic E-state index is -0.482. The van der Waals surface area contributed by atoms with E-state index >= 15 is 0 Å². The molecule has 0 aliphatic rings. The Morgan fingerprint density at radius 3 is 2.62 bits per heavy atom. The standard InChI is InChI=1S/C23H19ClFN5O2/c1-10-20(11(2)32-30-10)15-8-18-14(9-19(15)31-4)21-22(26-12(3)27-23(21)29-18)28-13-5-6-17(25)16(24)7-13/h5-9H,1-4H3,(H2,26,27,28,29). The first kappa shape index (κ1) is 20.3. The van der Waals surface area contributed by atoms with Crippen molar-refractivity contribution >= 4 is 45.0 Å². The number of nitrogens with zero attached hydrogens (tertiary/aromatic N) is 3. The third-order valence-corrected chi connectivity index (χ3v) is 5.66. The Balaban J connectivity index is 1.74. The van der Waals surface area contributed by atoms with E-state index in [1.165, 1.54) is 12.1 Å². The summed E-state index contributed by atoms with van der Waals surface area (Å²) in [7, 11) is 1.62. The molecule has 3 aromatic heterocycles. The third kappa shape index (κ3) is 3.23. The highest BCUT2D eigenvalue weighted by Crippen LogP contribution is 2.41. The van der Waals surface area contributed by atoms with Crippen molar-refractivity contribution in [1.82, 2.24) is 20.1 Å². The molecule has 0 fully saturated rings. The SMILES string of the molecule is COc1cc2c(cc1-c1c(C)noc1C)[nH]c1nc(C)nc(Nc3ccc(F)c(Cl)c3)c12. The normalized spacial score (nSPS) is 11.4. The zero-order chi connectivity index (χ0) is 22.6. The smallest absolute Gasteiger partial charge is 0.144 e. The molecule has 32 heavy (non-hydrogen) atoms. The highest BCUT2D eigenvalue weighted by Gasteiger charge is 2.20. The highest BCUT2D eigenvalue weighted by molar-refractivity contribution is 6.31. The lowest BCUT2D eigenvalue weighted by atomic mass is 10.0. The molecule has 2 N–H and O–H groups in total. The summed E-state index contributed by atoms with van der Waals surface area (Å²) in [6.07, 6.45) is 0. The van der Waals surface area contributed by atoms with Gasteiger partial charge in [-0.25, -0.2) is 14.4 Å². The van der Waals surface area contributed by atoms with Gasteiger partial charge in [0.1, 0.15) is 34.6 Å². The summed E-state index contributed by atoms with van der Waals surface area (Å²) >= 11 is 5.95. The van der Waals surface area contributed by atoms with Crippen molar-refractivity contribution in [2.24, 2.45) is 0 Å². The molecule has 5 aromatic rings. The van der Waals surface area contributed by atoms with Gasteiger partial charge in [-0.3, -0.25) is 0 Å². The molecular formula is C23H19ClFN5O2. The number of benzene rings is 2. The Hall–Kier alpha value is -3.65. The first-order chi connectivity index (χ1) is 15.4. The van der Waals surface area contributed by atoms with Crippen molar-refractivity contribution in [1.29, 1.82) is 0 Å². The van der Waals surface area contributed by atoms with Gasteiger partial charge in [0.2, 0.25) is 0 Å². The lowest BCUT2D eigenvalue weighted by Gasteiger charge is -2.10. The van der Waals surface area contributed by atoms with Gasteiger partial charge in [0.05, 0.1) is 28.8 Å². The van der Waals surface area contributed by atoms with E-state index in [9.17, 15) is 4.39 Å². The number of hydrogen-bond acceptors (Lipinski definition) is 6. The Morgan fingerprint density at radius 2 is 1.94 bits per heavy atom. The van der Waals surface area contributed by atoms with Crippen molar-refractivity contribution in [3.63, 3.8) is 0 Å². The maximum absolute atomic E-state index is 13.6. The Bertz CT molecular complexity index is 1490. The number of hydrogen-bond donors (Lipinski definition) is 2. The van der Waals surface area contributed by atoms with E-state index < -0.39 is 5.82 Å². The second kappa shape index (κ2) is 7.49. The van der Waals surface area contributed by atoms with Crippen LogP contribution in [0.2, 0.25) is 5.02 Å². The molecule has 0 unspecified atom stereocenters. The molecule has 0 radical (unpaired) electrons. The number of halogens is 2. The van der Waals surface area contributed by atoms with Gasteiger partial charge in [-0.15, -0.1) is 0 Å². The summed E-state index contributed by atoms with van der Waals surface area (Å²) < 4.78 is 24.7. The van der Waals surface area contributed by atoms with Crippen molar-refractivity contribution < 1.29 is 13.7 Å². The first-order valence-electron chi connectivity index (χ1n) is 9.89. The molecule has 9 heteroatoms. The van der Waals surface area contributed by atoms with E-state index in [1.807, 2.05) is 32.9 Å². The van der Waals surface area contributed by atoms with Crippen LogP contribution in [-0.2, 0) is 0 Å². The lowest BCUT2D eigenvalue weighted by molar-refractivity contribution is 0.393. The van der Waals surface area contributed by atoms with E-state index in [-0.39, 0.29) is 5.02 Å². The number of aromatic amines is 1. The minimum absolute atomic E-state index is 0.0294. The number of nitrogens with one attached hydrogen (secondary N) is 2. The Morgan fingerprint density at radius 1 is 1.12 bits per heavy atom. The summed E-state index contributed by atoms with van der Waals surface area (Å²) in [5, 5.41) is 9.00. The average Bonchev–Trinajstić information content (AvgIpc) is 3.27. The molecule has 2 aromatic carbocycles.